The van der Waals surface area contributed by atoms with Gasteiger partial charge in [-0.2, -0.15) is 0 Å². The van der Waals surface area contributed by atoms with Crippen molar-refractivity contribution in [1.29, 1.82) is 0 Å². The van der Waals surface area contributed by atoms with E-state index in [-0.39, 0.29) is 17.4 Å². The Kier molecular flexibility index (Phi) is 6.82. The minimum absolute atomic E-state index is 0.0717. The van der Waals surface area contributed by atoms with Crippen LogP contribution in [0.1, 0.15) is 25.0 Å². The molecule has 1 aromatic heterocycles. The first-order valence-electron chi connectivity index (χ1n) is 9.36. The zero-order valence-corrected chi connectivity index (χ0v) is 18.1. The summed E-state index contributed by atoms with van der Waals surface area (Å²) in [5, 5.41) is 22.5. The molecule has 0 aliphatic rings. The number of rotatable bonds is 7. The molecule has 2 N–H and O–H groups in total. The topological polar surface area (TPSA) is 80.0 Å². The Bertz CT molecular complexity index is 1010. The SMILES string of the molecule is CCc1cccc(CC)c1NC(=O)CSc1nnc(-c2cc(Cl)ccc2O)n1C. The number of hydrogen-bond acceptors (Lipinski definition) is 5. The van der Waals surface area contributed by atoms with Crippen LogP contribution in [0, 0.1) is 0 Å². The summed E-state index contributed by atoms with van der Waals surface area (Å²) in [6.45, 7) is 4.15. The lowest BCUT2D eigenvalue weighted by Gasteiger charge is -2.14. The van der Waals surface area contributed by atoms with E-state index in [4.69, 9.17) is 11.6 Å². The number of carbonyl (C=O) groups excluding carboxylic acids is 1. The number of aryl methyl sites for hydroxylation is 2. The lowest BCUT2D eigenvalue weighted by atomic mass is 10.0. The molecule has 0 saturated carbocycles. The minimum atomic E-state index is -0.0965. The Labute approximate surface area is 179 Å². The van der Waals surface area contributed by atoms with Crippen LogP contribution in [0.5, 0.6) is 5.75 Å². The molecule has 0 bridgehead atoms. The number of phenolic OH excluding ortho intramolecular Hbond substituents is 1. The minimum Gasteiger partial charge on any atom is -0.507 e. The van der Waals surface area contributed by atoms with Crippen LogP contribution in [0.3, 0.4) is 0 Å². The number of anilines is 1. The van der Waals surface area contributed by atoms with E-state index in [1.165, 1.54) is 17.8 Å². The fourth-order valence-corrected chi connectivity index (χ4v) is 3.95. The molecule has 0 fully saturated rings. The van der Waals surface area contributed by atoms with Crippen molar-refractivity contribution < 1.29 is 9.90 Å². The van der Waals surface area contributed by atoms with Crippen LogP contribution < -0.4 is 5.32 Å². The number of benzene rings is 2. The highest BCUT2D eigenvalue weighted by atomic mass is 35.5. The number of aromatic hydroxyl groups is 1. The lowest BCUT2D eigenvalue weighted by molar-refractivity contribution is -0.113. The quantitative estimate of drug-likeness (QED) is 0.531. The lowest BCUT2D eigenvalue weighted by Crippen LogP contribution is -2.17. The normalized spacial score (nSPS) is 10.9. The van der Waals surface area contributed by atoms with Crippen LogP contribution >= 0.6 is 23.4 Å². The van der Waals surface area contributed by atoms with E-state index in [0.717, 1.165) is 29.7 Å². The maximum absolute atomic E-state index is 12.6. The summed E-state index contributed by atoms with van der Waals surface area (Å²) in [6.07, 6.45) is 1.71. The molecule has 2 aromatic carbocycles. The first kappa shape index (κ1) is 21.2. The number of hydrogen-bond donors (Lipinski definition) is 2. The molecule has 0 atom stereocenters. The molecule has 152 valence electrons. The monoisotopic (exact) mass is 430 g/mol. The van der Waals surface area contributed by atoms with Crippen molar-refractivity contribution >= 4 is 35.0 Å². The average Bonchev–Trinajstić information content (AvgIpc) is 3.08. The number of carbonyl (C=O) groups is 1. The molecule has 1 heterocycles. The Morgan fingerprint density at radius 2 is 1.86 bits per heavy atom. The van der Waals surface area contributed by atoms with E-state index in [0.29, 0.717) is 21.6 Å². The maximum atomic E-state index is 12.6. The molecule has 0 unspecified atom stereocenters. The van der Waals surface area contributed by atoms with Crippen LogP contribution in [0.25, 0.3) is 11.4 Å². The molecule has 0 aliphatic heterocycles. The van der Waals surface area contributed by atoms with Crippen molar-refractivity contribution in [3.63, 3.8) is 0 Å². The van der Waals surface area contributed by atoms with Gasteiger partial charge in [-0.25, -0.2) is 0 Å². The molecule has 29 heavy (non-hydrogen) atoms. The van der Waals surface area contributed by atoms with Crippen LogP contribution in [-0.4, -0.2) is 31.5 Å². The van der Waals surface area contributed by atoms with E-state index in [1.54, 1.807) is 23.7 Å². The predicted octanol–water partition coefficient (Wildman–Crippen LogP) is 4.70. The second-order valence-corrected chi connectivity index (χ2v) is 7.90. The third-order valence-corrected chi connectivity index (χ3v) is 5.89. The van der Waals surface area contributed by atoms with Crippen LogP contribution in [0.15, 0.2) is 41.6 Å². The Morgan fingerprint density at radius 3 is 2.52 bits per heavy atom. The number of phenols is 1. The summed E-state index contributed by atoms with van der Waals surface area (Å²) < 4.78 is 1.74. The van der Waals surface area contributed by atoms with Crippen molar-refractivity contribution in [3.8, 4) is 17.1 Å². The van der Waals surface area contributed by atoms with E-state index in [1.807, 2.05) is 18.2 Å². The summed E-state index contributed by atoms with van der Waals surface area (Å²) in [5.41, 5.74) is 3.65. The number of aromatic nitrogens is 3. The highest BCUT2D eigenvalue weighted by molar-refractivity contribution is 7.99. The van der Waals surface area contributed by atoms with Gasteiger partial charge in [0.1, 0.15) is 5.75 Å². The molecular weight excluding hydrogens is 408 g/mol. The Balaban J connectivity index is 1.72. The van der Waals surface area contributed by atoms with Crippen molar-refractivity contribution in [2.24, 2.45) is 7.05 Å². The highest BCUT2D eigenvalue weighted by Crippen LogP contribution is 2.32. The largest absolute Gasteiger partial charge is 0.507 e. The molecule has 3 aromatic rings. The predicted molar refractivity (Wildman–Crippen MR) is 118 cm³/mol. The number of thioether (sulfide) groups is 1. The first-order valence-corrected chi connectivity index (χ1v) is 10.7. The highest BCUT2D eigenvalue weighted by Gasteiger charge is 2.17. The first-order chi connectivity index (χ1) is 13.9. The van der Waals surface area contributed by atoms with Crippen molar-refractivity contribution in [1.82, 2.24) is 14.8 Å². The van der Waals surface area contributed by atoms with E-state index >= 15 is 0 Å². The van der Waals surface area contributed by atoms with Crippen LogP contribution in [0.4, 0.5) is 5.69 Å². The Hall–Kier alpha value is -2.51. The fourth-order valence-electron chi connectivity index (χ4n) is 3.07. The third-order valence-electron chi connectivity index (χ3n) is 4.63. The van der Waals surface area contributed by atoms with Gasteiger partial charge in [0.05, 0.1) is 11.3 Å². The second kappa shape index (κ2) is 9.33. The van der Waals surface area contributed by atoms with Crippen molar-refractivity contribution in [2.45, 2.75) is 31.8 Å². The number of nitrogens with zero attached hydrogens (tertiary/aromatic N) is 3. The zero-order chi connectivity index (χ0) is 21.0. The average molecular weight is 431 g/mol. The standard InChI is InChI=1S/C21H23ClN4O2S/c1-4-13-7-6-8-14(5-2)19(13)23-18(28)12-29-21-25-24-20(26(21)3)16-11-15(22)9-10-17(16)27/h6-11,27H,4-5,12H2,1-3H3,(H,23,28). The number of amides is 1. The van der Waals surface area contributed by atoms with Gasteiger partial charge in [-0.1, -0.05) is 55.4 Å². The summed E-state index contributed by atoms with van der Waals surface area (Å²) in [7, 11) is 1.79. The third kappa shape index (κ3) is 4.74. The number of halogens is 1. The van der Waals surface area contributed by atoms with Gasteiger partial charge in [0.25, 0.3) is 0 Å². The van der Waals surface area contributed by atoms with Crippen molar-refractivity contribution in [2.75, 3.05) is 11.1 Å². The second-order valence-electron chi connectivity index (χ2n) is 6.52. The van der Waals surface area contributed by atoms with Crippen LogP contribution in [0.2, 0.25) is 5.02 Å². The molecule has 0 spiro atoms. The van der Waals surface area contributed by atoms with Crippen molar-refractivity contribution in [3.05, 3.63) is 52.5 Å². The molecule has 0 radical (unpaired) electrons. The molecule has 8 heteroatoms. The smallest absolute Gasteiger partial charge is 0.234 e. The van der Waals surface area contributed by atoms with Gasteiger partial charge in [0.2, 0.25) is 5.91 Å². The molecule has 0 saturated heterocycles. The van der Waals surface area contributed by atoms with Crippen LogP contribution in [-0.2, 0) is 24.7 Å². The molecule has 1 amide bonds. The fraction of sp³-hybridized carbons (Fsp3) is 0.286. The van der Waals surface area contributed by atoms with Gasteiger partial charge in [0.15, 0.2) is 11.0 Å². The summed E-state index contributed by atoms with van der Waals surface area (Å²) in [5.74, 6) is 0.662. The molecule has 3 rings (SSSR count). The van der Waals surface area contributed by atoms with Gasteiger partial charge in [-0.05, 0) is 42.2 Å². The zero-order valence-electron chi connectivity index (χ0n) is 16.6. The van der Waals surface area contributed by atoms with Gasteiger partial charge < -0.3 is 15.0 Å². The van der Waals surface area contributed by atoms with Gasteiger partial charge in [0, 0.05) is 17.8 Å². The Morgan fingerprint density at radius 1 is 1.17 bits per heavy atom. The number of nitrogens with one attached hydrogen (secondary N) is 1. The van der Waals surface area contributed by atoms with Gasteiger partial charge in [-0.15, -0.1) is 10.2 Å². The van der Waals surface area contributed by atoms with Gasteiger partial charge in [-0.3, -0.25) is 4.79 Å². The van der Waals surface area contributed by atoms with E-state index in [9.17, 15) is 9.90 Å². The maximum Gasteiger partial charge on any atom is 0.234 e. The number of para-hydroxylation sites is 1. The summed E-state index contributed by atoms with van der Waals surface area (Å²) in [4.78, 5) is 12.6. The van der Waals surface area contributed by atoms with E-state index < -0.39 is 0 Å². The van der Waals surface area contributed by atoms with E-state index in [2.05, 4.69) is 29.4 Å². The summed E-state index contributed by atoms with van der Waals surface area (Å²) >= 11 is 7.32. The van der Waals surface area contributed by atoms with Gasteiger partial charge >= 0.3 is 0 Å². The molecule has 0 aliphatic carbocycles. The summed E-state index contributed by atoms with van der Waals surface area (Å²) in [6, 6.07) is 10.9. The molecular formula is C21H23ClN4O2S. The molecule has 6 nitrogen and oxygen atoms in total.